The highest BCUT2D eigenvalue weighted by molar-refractivity contribution is 7.18. The maximum absolute atomic E-state index is 12.8. The van der Waals surface area contributed by atoms with Crippen LogP contribution in [0.1, 0.15) is 36.1 Å². The van der Waals surface area contributed by atoms with Crippen molar-refractivity contribution in [2.75, 3.05) is 31.1 Å². The van der Waals surface area contributed by atoms with Gasteiger partial charge in [0.25, 0.3) is 0 Å². The van der Waals surface area contributed by atoms with Crippen molar-refractivity contribution in [2.24, 2.45) is 11.7 Å². The van der Waals surface area contributed by atoms with E-state index < -0.39 is 0 Å². The molecule has 2 aliphatic rings. The molecule has 0 spiro atoms. The van der Waals surface area contributed by atoms with Crippen LogP contribution in [0.15, 0.2) is 6.33 Å². The fourth-order valence-corrected chi connectivity index (χ4v) is 5.20. The number of carbonyl (C=O) groups excluding carboxylic acids is 1. The first-order valence-corrected chi connectivity index (χ1v) is 10.4. The van der Waals surface area contributed by atoms with Crippen molar-refractivity contribution in [3.05, 3.63) is 16.8 Å². The number of aryl methyl sites for hydroxylation is 2. The number of nitrogens with zero attached hydrogens (tertiary/aromatic N) is 4. The number of nitrogens with two attached hydrogens (primary N) is 1. The first kappa shape index (κ1) is 20.3. The third-order valence-corrected chi connectivity index (χ3v) is 6.97. The Morgan fingerprint density at radius 3 is 2.63 bits per heavy atom. The van der Waals surface area contributed by atoms with E-state index in [0.29, 0.717) is 5.91 Å². The second-order valence-corrected chi connectivity index (χ2v) is 8.81. The van der Waals surface area contributed by atoms with E-state index >= 15 is 0 Å². The number of aromatic nitrogens is 2. The molecule has 0 bridgehead atoms. The van der Waals surface area contributed by atoms with E-state index in [1.165, 1.54) is 15.8 Å². The van der Waals surface area contributed by atoms with Gasteiger partial charge >= 0.3 is 0 Å². The highest BCUT2D eigenvalue weighted by Crippen LogP contribution is 2.35. The van der Waals surface area contributed by atoms with Gasteiger partial charge in [0, 0.05) is 43.0 Å². The smallest absolute Gasteiger partial charge is 0.225 e. The van der Waals surface area contributed by atoms with Crippen LogP contribution in [0, 0.1) is 19.8 Å². The van der Waals surface area contributed by atoms with Crippen LogP contribution in [-0.4, -0.2) is 53.0 Å². The lowest BCUT2D eigenvalue weighted by molar-refractivity contribution is -0.137. The van der Waals surface area contributed by atoms with Crippen LogP contribution in [0.3, 0.4) is 0 Å². The van der Waals surface area contributed by atoms with Crippen molar-refractivity contribution in [2.45, 2.75) is 45.6 Å². The Hall–Kier alpha value is -1.44. The lowest BCUT2D eigenvalue weighted by Crippen LogP contribution is -2.49. The normalized spacial score (nSPS) is 21.4. The Labute approximate surface area is 170 Å². The van der Waals surface area contributed by atoms with Gasteiger partial charge in [-0.25, -0.2) is 9.97 Å². The van der Waals surface area contributed by atoms with Gasteiger partial charge in [-0.15, -0.1) is 23.7 Å². The molecule has 0 radical (unpaired) electrons. The summed E-state index contributed by atoms with van der Waals surface area (Å²) in [6, 6.07) is 0.145. The number of anilines is 1. The van der Waals surface area contributed by atoms with Crippen LogP contribution in [0.4, 0.5) is 5.82 Å². The maximum Gasteiger partial charge on any atom is 0.225 e. The zero-order valence-corrected chi connectivity index (χ0v) is 17.6. The minimum atomic E-state index is 0. The van der Waals surface area contributed by atoms with Crippen molar-refractivity contribution >= 4 is 45.7 Å². The average Bonchev–Trinajstić information content (AvgIpc) is 2.95. The molecule has 4 heterocycles. The second-order valence-electron chi connectivity index (χ2n) is 7.61. The predicted octanol–water partition coefficient (Wildman–Crippen LogP) is 2.90. The first-order chi connectivity index (χ1) is 12.5. The third-order valence-electron chi connectivity index (χ3n) is 5.86. The van der Waals surface area contributed by atoms with Crippen LogP contribution in [0.2, 0.25) is 0 Å². The van der Waals surface area contributed by atoms with Crippen LogP contribution in [-0.2, 0) is 4.79 Å². The van der Waals surface area contributed by atoms with E-state index in [2.05, 4.69) is 28.7 Å². The molecule has 2 N–H and O–H groups in total. The first-order valence-electron chi connectivity index (χ1n) is 9.54. The van der Waals surface area contributed by atoms with Crippen molar-refractivity contribution in [3.63, 3.8) is 0 Å². The molecule has 2 aliphatic heterocycles. The minimum absolute atomic E-state index is 0. The zero-order chi connectivity index (χ0) is 18.3. The molecule has 1 atom stereocenters. The lowest BCUT2D eigenvalue weighted by Gasteiger charge is -2.37. The van der Waals surface area contributed by atoms with Crippen LogP contribution in [0.25, 0.3) is 10.2 Å². The lowest BCUT2D eigenvalue weighted by atomic mass is 9.93. The number of rotatable bonds is 2. The summed E-state index contributed by atoms with van der Waals surface area (Å²) in [7, 11) is 0. The van der Waals surface area contributed by atoms with Gasteiger partial charge in [0.05, 0.1) is 5.39 Å². The van der Waals surface area contributed by atoms with Gasteiger partial charge in [-0.3, -0.25) is 4.79 Å². The highest BCUT2D eigenvalue weighted by Gasteiger charge is 2.31. The maximum atomic E-state index is 12.8. The predicted molar refractivity (Wildman–Crippen MR) is 113 cm³/mol. The fraction of sp³-hybridized carbons (Fsp3) is 0.632. The Kier molecular flexibility index (Phi) is 6.23. The van der Waals surface area contributed by atoms with Gasteiger partial charge in [0.15, 0.2) is 0 Å². The van der Waals surface area contributed by atoms with E-state index in [1.807, 2.05) is 4.90 Å². The van der Waals surface area contributed by atoms with Crippen LogP contribution in [0.5, 0.6) is 0 Å². The zero-order valence-electron chi connectivity index (χ0n) is 16.0. The molecule has 148 valence electrons. The van der Waals surface area contributed by atoms with Gasteiger partial charge in [0.2, 0.25) is 5.91 Å². The molecule has 27 heavy (non-hydrogen) atoms. The van der Waals surface area contributed by atoms with Crippen molar-refractivity contribution in [1.82, 2.24) is 14.9 Å². The highest BCUT2D eigenvalue weighted by atomic mass is 35.5. The Morgan fingerprint density at radius 1 is 1.19 bits per heavy atom. The summed E-state index contributed by atoms with van der Waals surface area (Å²) < 4.78 is 0. The molecule has 4 rings (SSSR count). The van der Waals surface area contributed by atoms with E-state index in [0.717, 1.165) is 62.5 Å². The van der Waals surface area contributed by atoms with Gasteiger partial charge in [-0.1, -0.05) is 0 Å². The molecule has 0 aliphatic carbocycles. The molecule has 2 fully saturated rings. The van der Waals surface area contributed by atoms with E-state index in [-0.39, 0.29) is 24.4 Å². The molecular formula is C19H28ClN5OS. The van der Waals surface area contributed by atoms with Crippen LogP contribution < -0.4 is 10.6 Å². The summed E-state index contributed by atoms with van der Waals surface area (Å²) in [4.78, 5) is 28.5. The van der Waals surface area contributed by atoms with Crippen molar-refractivity contribution in [3.8, 4) is 0 Å². The van der Waals surface area contributed by atoms with Gasteiger partial charge < -0.3 is 15.5 Å². The largest absolute Gasteiger partial charge is 0.356 e. The molecule has 6 nitrogen and oxygen atoms in total. The number of thiophene rings is 1. The summed E-state index contributed by atoms with van der Waals surface area (Å²) in [6.07, 6.45) is 5.50. The summed E-state index contributed by atoms with van der Waals surface area (Å²) in [6.45, 7) is 7.62. The Bertz CT molecular complexity index is 818. The Morgan fingerprint density at radius 2 is 1.93 bits per heavy atom. The molecule has 2 aromatic rings. The van der Waals surface area contributed by atoms with E-state index in [1.54, 1.807) is 17.7 Å². The standard InChI is InChI=1S/C19H27N5OS.ClH/c1-12-13(2)26-18-16(12)17(21-11-22-18)23-8-5-14(6-9-23)19(25)24-7-3-4-15(20)10-24;/h11,14-15H,3-10,20H2,1-2H3;1H. The topological polar surface area (TPSA) is 75.4 Å². The fourth-order valence-electron chi connectivity index (χ4n) is 4.21. The van der Waals surface area contributed by atoms with Gasteiger partial charge in [-0.05, 0) is 45.1 Å². The number of amides is 1. The number of halogens is 1. The summed E-state index contributed by atoms with van der Waals surface area (Å²) in [5.41, 5.74) is 7.32. The van der Waals surface area contributed by atoms with Crippen LogP contribution >= 0.6 is 23.7 Å². The summed E-state index contributed by atoms with van der Waals surface area (Å²) in [5.74, 6) is 1.46. The molecule has 1 unspecified atom stereocenters. The molecule has 1 amide bonds. The number of hydrogen-bond donors (Lipinski definition) is 1. The number of likely N-dealkylation sites (tertiary alicyclic amines) is 1. The second kappa shape index (κ2) is 8.29. The molecule has 2 saturated heterocycles. The minimum Gasteiger partial charge on any atom is -0.356 e. The van der Waals surface area contributed by atoms with Crippen molar-refractivity contribution < 1.29 is 4.79 Å². The monoisotopic (exact) mass is 409 g/mol. The average molecular weight is 410 g/mol. The molecule has 2 aromatic heterocycles. The number of fused-ring (bicyclic) bond motifs is 1. The quantitative estimate of drug-likeness (QED) is 0.825. The van der Waals surface area contributed by atoms with E-state index in [4.69, 9.17) is 5.73 Å². The molecule has 8 heteroatoms. The number of piperidine rings is 2. The Balaban J connectivity index is 0.00000210. The summed E-state index contributed by atoms with van der Waals surface area (Å²) in [5, 5.41) is 1.18. The molecule has 0 saturated carbocycles. The number of carbonyl (C=O) groups is 1. The summed E-state index contributed by atoms with van der Waals surface area (Å²) >= 11 is 1.73. The van der Waals surface area contributed by atoms with Gasteiger partial charge in [0.1, 0.15) is 17.0 Å². The molecular weight excluding hydrogens is 382 g/mol. The van der Waals surface area contributed by atoms with Crippen molar-refractivity contribution in [1.29, 1.82) is 0 Å². The SMILES string of the molecule is Cc1sc2ncnc(N3CCC(C(=O)N4CCCC(N)C4)CC3)c2c1C.Cl. The van der Waals surface area contributed by atoms with Gasteiger partial charge in [-0.2, -0.15) is 0 Å². The number of hydrogen-bond acceptors (Lipinski definition) is 6. The molecule has 0 aromatic carbocycles. The third kappa shape index (κ3) is 3.91. The van der Waals surface area contributed by atoms with E-state index in [9.17, 15) is 4.79 Å².